The first kappa shape index (κ1) is 18.1. The van der Waals surface area contributed by atoms with Crippen LogP contribution in [0.5, 0.6) is 0 Å². The number of carbonyl (C=O) groups is 2. The fourth-order valence-electron chi connectivity index (χ4n) is 2.93. The lowest BCUT2D eigenvalue weighted by atomic mass is 10.0. The van der Waals surface area contributed by atoms with Crippen molar-refractivity contribution < 1.29 is 19.1 Å². The number of imidazole rings is 1. The van der Waals surface area contributed by atoms with Crippen LogP contribution >= 0.6 is 11.6 Å². The molecule has 3 rings (SSSR count). The van der Waals surface area contributed by atoms with Gasteiger partial charge >= 0.3 is 11.9 Å². The highest BCUT2D eigenvalue weighted by molar-refractivity contribution is 6.35. The molecule has 3 aromatic rings. The van der Waals surface area contributed by atoms with Gasteiger partial charge in [0.25, 0.3) is 0 Å². The molecule has 0 spiro atoms. The summed E-state index contributed by atoms with van der Waals surface area (Å²) in [4.78, 5) is 34.6. The second kappa shape index (κ2) is 7.29. The van der Waals surface area contributed by atoms with Crippen molar-refractivity contribution in [2.75, 3.05) is 6.61 Å². The molecule has 8 heteroatoms. The fraction of sp³-hybridized carbons (Fsp3) is 0.333. The van der Waals surface area contributed by atoms with E-state index in [2.05, 4.69) is 15.0 Å². The maximum Gasteiger partial charge on any atom is 0.303 e. The number of aryl methyl sites for hydroxylation is 1. The van der Waals surface area contributed by atoms with Crippen LogP contribution in [0.4, 0.5) is 0 Å². The standard InChI is InChI=1S/C18H18ClN3O4/c1-9-20-16-15-12(7-13(26-11(3)24)8-25-10(2)23)5-4-6-14(15)22-18(19)17(16)21-9/h4-6,13H,7-8H2,1-3H3,(H,20,21). The highest BCUT2D eigenvalue weighted by atomic mass is 35.5. The van der Waals surface area contributed by atoms with E-state index in [9.17, 15) is 9.59 Å². The largest absolute Gasteiger partial charge is 0.462 e. The number of benzene rings is 1. The van der Waals surface area contributed by atoms with Gasteiger partial charge in [-0.05, 0) is 18.6 Å². The minimum atomic E-state index is -0.604. The number of carbonyl (C=O) groups excluding carboxylic acids is 2. The molecule has 136 valence electrons. The molecule has 0 aliphatic heterocycles. The predicted molar refractivity (Wildman–Crippen MR) is 97.0 cm³/mol. The summed E-state index contributed by atoms with van der Waals surface area (Å²) in [5, 5.41) is 1.18. The molecule has 26 heavy (non-hydrogen) atoms. The maximum absolute atomic E-state index is 11.4. The Morgan fingerprint density at radius 2 is 2.00 bits per heavy atom. The molecule has 1 unspecified atom stereocenters. The van der Waals surface area contributed by atoms with Crippen molar-refractivity contribution in [1.29, 1.82) is 0 Å². The van der Waals surface area contributed by atoms with E-state index in [0.29, 0.717) is 28.1 Å². The van der Waals surface area contributed by atoms with Crippen molar-refractivity contribution in [1.82, 2.24) is 15.0 Å². The molecule has 2 aromatic heterocycles. The zero-order valence-corrected chi connectivity index (χ0v) is 15.4. The third kappa shape index (κ3) is 3.77. The summed E-state index contributed by atoms with van der Waals surface area (Å²) in [7, 11) is 0. The summed E-state index contributed by atoms with van der Waals surface area (Å²) >= 11 is 6.25. The lowest BCUT2D eigenvalue weighted by Gasteiger charge is -2.18. The van der Waals surface area contributed by atoms with Gasteiger partial charge in [-0.15, -0.1) is 0 Å². The monoisotopic (exact) mass is 375 g/mol. The van der Waals surface area contributed by atoms with E-state index >= 15 is 0 Å². The first-order valence-electron chi connectivity index (χ1n) is 8.09. The molecule has 0 bridgehead atoms. The second-order valence-electron chi connectivity index (χ2n) is 6.00. The zero-order chi connectivity index (χ0) is 18.8. The van der Waals surface area contributed by atoms with Crippen LogP contribution in [0, 0.1) is 6.92 Å². The number of pyridine rings is 1. The fourth-order valence-corrected chi connectivity index (χ4v) is 3.16. The molecular formula is C18H18ClN3O4. The van der Waals surface area contributed by atoms with Crippen LogP contribution in [0.3, 0.4) is 0 Å². The van der Waals surface area contributed by atoms with E-state index in [4.69, 9.17) is 21.1 Å². The van der Waals surface area contributed by atoms with E-state index in [0.717, 1.165) is 16.8 Å². The Labute approximate surface area is 154 Å². The number of aromatic nitrogens is 3. The smallest absolute Gasteiger partial charge is 0.303 e. The number of esters is 2. The van der Waals surface area contributed by atoms with Gasteiger partial charge in [-0.25, -0.2) is 9.97 Å². The van der Waals surface area contributed by atoms with Crippen LogP contribution < -0.4 is 0 Å². The summed E-state index contributed by atoms with van der Waals surface area (Å²) in [5.41, 5.74) is 2.94. The highest BCUT2D eigenvalue weighted by Gasteiger charge is 2.19. The number of nitrogens with zero attached hydrogens (tertiary/aromatic N) is 2. The minimum absolute atomic E-state index is 0.0188. The summed E-state index contributed by atoms with van der Waals surface area (Å²) in [5.74, 6) is -0.148. The van der Waals surface area contributed by atoms with Gasteiger partial charge < -0.3 is 14.5 Å². The minimum Gasteiger partial charge on any atom is -0.462 e. The number of hydrogen-bond acceptors (Lipinski definition) is 6. The lowest BCUT2D eigenvalue weighted by molar-refractivity contribution is -0.156. The van der Waals surface area contributed by atoms with Crippen molar-refractivity contribution in [2.45, 2.75) is 33.3 Å². The van der Waals surface area contributed by atoms with E-state index < -0.39 is 18.0 Å². The third-order valence-electron chi connectivity index (χ3n) is 3.87. The maximum atomic E-state index is 11.4. The SMILES string of the molecule is CC(=O)OCC(Cc1cccc2nc(Cl)c3[nH]c(C)nc3c12)OC(C)=O. The predicted octanol–water partition coefficient (Wildman–Crippen LogP) is 3.11. The number of fused-ring (bicyclic) bond motifs is 3. The average Bonchev–Trinajstić information content (AvgIpc) is 2.94. The molecule has 0 saturated carbocycles. The number of H-pyrrole nitrogens is 1. The van der Waals surface area contributed by atoms with Crippen molar-refractivity contribution >= 4 is 45.5 Å². The Morgan fingerprint density at radius 3 is 2.69 bits per heavy atom. The summed E-state index contributed by atoms with van der Waals surface area (Å²) in [6.07, 6.45) is -0.248. The van der Waals surface area contributed by atoms with Gasteiger partial charge in [0.15, 0.2) is 5.15 Å². The lowest BCUT2D eigenvalue weighted by Crippen LogP contribution is -2.26. The molecule has 2 heterocycles. The number of halogens is 1. The van der Waals surface area contributed by atoms with Gasteiger partial charge in [-0.2, -0.15) is 0 Å². The Hall–Kier alpha value is -2.67. The Morgan fingerprint density at radius 1 is 1.23 bits per heavy atom. The summed E-state index contributed by atoms with van der Waals surface area (Å²) in [6, 6.07) is 5.61. The molecule has 0 amide bonds. The Balaban J connectivity index is 2.06. The number of ether oxygens (including phenoxy) is 2. The Bertz CT molecular complexity index is 999. The van der Waals surface area contributed by atoms with Crippen LogP contribution in [0.2, 0.25) is 5.15 Å². The van der Waals surface area contributed by atoms with Gasteiger partial charge in [0.05, 0.1) is 5.52 Å². The van der Waals surface area contributed by atoms with Gasteiger partial charge in [0.1, 0.15) is 29.6 Å². The molecule has 7 nitrogen and oxygen atoms in total. The van der Waals surface area contributed by atoms with Crippen molar-refractivity contribution in [3.05, 3.63) is 34.7 Å². The zero-order valence-electron chi connectivity index (χ0n) is 14.6. The first-order valence-corrected chi connectivity index (χ1v) is 8.47. The van der Waals surface area contributed by atoms with Gasteiger partial charge in [0.2, 0.25) is 0 Å². The average molecular weight is 376 g/mol. The van der Waals surface area contributed by atoms with E-state index in [1.54, 1.807) is 0 Å². The summed E-state index contributed by atoms with van der Waals surface area (Å²) in [6.45, 7) is 4.45. The van der Waals surface area contributed by atoms with E-state index in [-0.39, 0.29) is 6.61 Å². The summed E-state index contributed by atoms with van der Waals surface area (Å²) < 4.78 is 10.3. The van der Waals surface area contributed by atoms with Crippen LogP contribution in [-0.4, -0.2) is 39.6 Å². The normalized spacial score (nSPS) is 12.3. The molecule has 0 aliphatic carbocycles. The van der Waals surface area contributed by atoms with Crippen molar-refractivity contribution in [2.24, 2.45) is 0 Å². The number of nitrogens with one attached hydrogen (secondary N) is 1. The van der Waals surface area contributed by atoms with Crippen LogP contribution in [0.1, 0.15) is 25.2 Å². The number of hydrogen-bond donors (Lipinski definition) is 1. The van der Waals surface area contributed by atoms with Crippen LogP contribution in [0.25, 0.3) is 21.9 Å². The van der Waals surface area contributed by atoms with Gasteiger partial charge in [0, 0.05) is 25.7 Å². The van der Waals surface area contributed by atoms with E-state index in [1.165, 1.54) is 13.8 Å². The van der Waals surface area contributed by atoms with Gasteiger partial charge in [-0.1, -0.05) is 23.7 Å². The van der Waals surface area contributed by atoms with Crippen molar-refractivity contribution in [3.8, 4) is 0 Å². The highest BCUT2D eigenvalue weighted by Crippen LogP contribution is 2.30. The number of rotatable bonds is 5. The van der Waals surface area contributed by atoms with Gasteiger partial charge in [-0.3, -0.25) is 9.59 Å². The molecule has 1 N–H and O–H groups in total. The molecule has 0 saturated heterocycles. The molecular weight excluding hydrogens is 358 g/mol. The first-order chi connectivity index (χ1) is 12.3. The molecule has 0 aliphatic rings. The topological polar surface area (TPSA) is 94.2 Å². The second-order valence-corrected chi connectivity index (χ2v) is 6.36. The molecule has 0 fully saturated rings. The van der Waals surface area contributed by atoms with Crippen LogP contribution in [0.15, 0.2) is 18.2 Å². The molecule has 1 atom stereocenters. The Kier molecular flexibility index (Phi) is 5.08. The molecule has 1 aromatic carbocycles. The van der Waals surface area contributed by atoms with E-state index in [1.807, 2.05) is 25.1 Å². The quantitative estimate of drug-likeness (QED) is 0.544. The van der Waals surface area contributed by atoms with Crippen LogP contribution in [-0.2, 0) is 25.5 Å². The molecule has 0 radical (unpaired) electrons. The van der Waals surface area contributed by atoms with Crippen molar-refractivity contribution in [3.63, 3.8) is 0 Å². The third-order valence-corrected chi connectivity index (χ3v) is 4.14. The number of aromatic amines is 1.